The summed E-state index contributed by atoms with van der Waals surface area (Å²) in [5, 5.41) is 4.17. The summed E-state index contributed by atoms with van der Waals surface area (Å²) in [6, 6.07) is 14.3. The number of anilines is 1. The number of ether oxygens (including phenoxy) is 2. The Balaban J connectivity index is 1.92. The van der Waals surface area contributed by atoms with Gasteiger partial charge in [-0.1, -0.05) is 6.07 Å². The second-order valence-electron chi connectivity index (χ2n) is 8.32. The third-order valence-electron chi connectivity index (χ3n) is 6.10. The molecule has 0 spiro atoms. The smallest absolute Gasteiger partial charge is 0.174 e. The minimum atomic E-state index is -0.100. The Hall–Kier alpha value is -3.06. The van der Waals surface area contributed by atoms with Gasteiger partial charge >= 0.3 is 0 Å². The van der Waals surface area contributed by atoms with Crippen molar-refractivity contribution >= 4 is 23.0 Å². The molecule has 1 saturated heterocycles. The zero-order valence-electron chi connectivity index (χ0n) is 19.4. The minimum absolute atomic E-state index is 0.0848. The standard InChI is InChI=1S/C25H30N4O2S/c1-15(2)28-16(3)13-19(17(28)4)24-23(20-9-7-8-12-26-20)27-25(32)29(24)21-11-10-18(30-5)14-22(21)31-6/h7-15,23-24H,1-6H3,(H,27,32). The topological polar surface area (TPSA) is 51.5 Å². The average molecular weight is 451 g/mol. The molecule has 6 nitrogen and oxygen atoms in total. The van der Waals surface area contributed by atoms with Crippen molar-refractivity contribution in [1.82, 2.24) is 14.9 Å². The van der Waals surface area contributed by atoms with Crippen LogP contribution in [0.3, 0.4) is 0 Å². The maximum atomic E-state index is 5.87. The molecule has 32 heavy (non-hydrogen) atoms. The van der Waals surface area contributed by atoms with Crippen LogP contribution in [0.1, 0.15) is 54.6 Å². The molecule has 168 valence electrons. The normalized spacial score (nSPS) is 18.2. The summed E-state index contributed by atoms with van der Waals surface area (Å²) < 4.78 is 13.5. The lowest BCUT2D eigenvalue weighted by Crippen LogP contribution is -2.30. The predicted octanol–water partition coefficient (Wildman–Crippen LogP) is 5.28. The first-order valence-electron chi connectivity index (χ1n) is 10.8. The molecular formula is C25H30N4O2S. The Kier molecular flexibility index (Phi) is 6.11. The molecule has 1 aliphatic rings. The predicted molar refractivity (Wildman–Crippen MR) is 132 cm³/mol. The van der Waals surface area contributed by atoms with Gasteiger partial charge in [-0.3, -0.25) is 4.98 Å². The molecule has 2 atom stereocenters. The lowest BCUT2D eigenvalue weighted by Gasteiger charge is -2.29. The van der Waals surface area contributed by atoms with Gasteiger partial charge in [-0.15, -0.1) is 0 Å². The number of nitrogens with one attached hydrogen (secondary N) is 1. The van der Waals surface area contributed by atoms with Crippen LogP contribution < -0.4 is 19.7 Å². The first-order chi connectivity index (χ1) is 15.4. The number of nitrogens with zero attached hydrogens (tertiary/aromatic N) is 3. The fraction of sp³-hybridized carbons (Fsp3) is 0.360. The highest BCUT2D eigenvalue weighted by atomic mass is 32.1. The van der Waals surface area contributed by atoms with Gasteiger partial charge in [-0.05, 0) is 75.8 Å². The number of hydrogen-bond donors (Lipinski definition) is 1. The van der Waals surface area contributed by atoms with E-state index in [0.717, 1.165) is 17.1 Å². The van der Waals surface area contributed by atoms with E-state index in [9.17, 15) is 0 Å². The fourth-order valence-corrected chi connectivity index (χ4v) is 5.15. The number of aryl methyl sites for hydroxylation is 1. The van der Waals surface area contributed by atoms with E-state index in [0.29, 0.717) is 16.9 Å². The van der Waals surface area contributed by atoms with Gasteiger partial charge in [0.2, 0.25) is 0 Å². The van der Waals surface area contributed by atoms with E-state index >= 15 is 0 Å². The van der Waals surface area contributed by atoms with Gasteiger partial charge in [0.25, 0.3) is 0 Å². The second kappa shape index (κ2) is 8.82. The molecule has 3 heterocycles. The highest BCUT2D eigenvalue weighted by Crippen LogP contribution is 2.46. The Morgan fingerprint density at radius 1 is 1.06 bits per heavy atom. The van der Waals surface area contributed by atoms with Crippen LogP contribution in [0.4, 0.5) is 5.69 Å². The highest BCUT2D eigenvalue weighted by Gasteiger charge is 2.43. The summed E-state index contributed by atoms with van der Waals surface area (Å²) >= 11 is 5.87. The molecule has 2 aromatic heterocycles. The molecule has 1 fully saturated rings. The van der Waals surface area contributed by atoms with E-state index in [2.05, 4.69) is 53.5 Å². The fourth-order valence-electron chi connectivity index (χ4n) is 4.81. The number of rotatable bonds is 6. The molecule has 1 N–H and O–H groups in total. The van der Waals surface area contributed by atoms with Crippen LogP contribution in [0.5, 0.6) is 11.5 Å². The monoisotopic (exact) mass is 450 g/mol. The van der Waals surface area contributed by atoms with Gasteiger partial charge in [0.15, 0.2) is 5.11 Å². The molecule has 1 aromatic carbocycles. The van der Waals surface area contributed by atoms with E-state index in [1.165, 1.54) is 17.0 Å². The lowest BCUT2D eigenvalue weighted by molar-refractivity contribution is 0.394. The largest absolute Gasteiger partial charge is 0.497 e. The maximum Gasteiger partial charge on any atom is 0.174 e. The van der Waals surface area contributed by atoms with Gasteiger partial charge < -0.3 is 24.3 Å². The van der Waals surface area contributed by atoms with Crippen molar-refractivity contribution in [3.05, 3.63) is 71.3 Å². The Labute approximate surface area is 195 Å². The van der Waals surface area contributed by atoms with Crippen LogP contribution in [0.25, 0.3) is 0 Å². The Morgan fingerprint density at radius 3 is 2.44 bits per heavy atom. The highest BCUT2D eigenvalue weighted by molar-refractivity contribution is 7.80. The van der Waals surface area contributed by atoms with E-state index in [4.69, 9.17) is 21.7 Å². The van der Waals surface area contributed by atoms with Crippen LogP contribution in [0.15, 0.2) is 48.7 Å². The van der Waals surface area contributed by atoms with Crippen LogP contribution >= 0.6 is 12.2 Å². The summed E-state index contributed by atoms with van der Waals surface area (Å²) in [4.78, 5) is 6.81. The van der Waals surface area contributed by atoms with Crippen molar-refractivity contribution in [2.45, 2.75) is 45.8 Å². The second-order valence-corrected chi connectivity index (χ2v) is 8.71. The third kappa shape index (κ3) is 3.71. The summed E-state index contributed by atoms with van der Waals surface area (Å²) in [5.41, 5.74) is 5.52. The molecule has 3 aromatic rings. The van der Waals surface area contributed by atoms with Crippen molar-refractivity contribution in [3.8, 4) is 11.5 Å². The zero-order valence-corrected chi connectivity index (χ0v) is 20.2. The molecule has 0 amide bonds. The Bertz CT molecular complexity index is 1130. The molecule has 7 heteroatoms. The van der Waals surface area contributed by atoms with Gasteiger partial charge in [-0.25, -0.2) is 0 Å². The van der Waals surface area contributed by atoms with E-state index < -0.39 is 0 Å². The number of hydrogen-bond acceptors (Lipinski definition) is 4. The SMILES string of the molecule is COc1ccc(N2C(=S)NC(c3ccccn3)C2c2cc(C)n(C(C)C)c2C)c(OC)c1. The zero-order chi connectivity index (χ0) is 23.0. The van der Waals surface area contributed by atoms with Crippen LogP contribution in [-0.4, -0.2) is 28.9 Å². The molecule has 4 rings (SSSR count). The number of methoxy groups -OCH3 is 2. The maximum absolute atomic E-state index is 5.87. The van der Waals surface area contributed by atoms with Crippen molar-refractivity contribution in [3.63, 3.8) is 0 Å². The first-order valence-corrected chi connectivity index (χ1v) is 11.2. The van der Waals surface area contributed by atoms with Crippen molar-refractivity contribution in [1.29, 1.82) is 0 Å². The quantitative estimate of drug-likeness (QED) is 0.516. The van der Waals surface area contributed by atoms with Crippen molar-refractivity contribution in [2.24, 2.45) is 0 Å². The number of benzene rings is 1. The van der Waals surface area contributed by atoms with Crippen molar-refractivity contribution in [2.75, 3.05) is 19.1 Å². The molecule has 0 saturated carbocycles. The van der Waals surface area contributed by atoms with E-state index in [1.54, 1.807) is 14.2 Å². The average Bonchev–Trinajstić information content (AvgIpc) is 3.28. The van der Waals surface area contributed by atoms with Gasteiger partial charge in [0.1, 0.15) is 11.5 Å². The summed E-state index contributed by atoms with van der Waals surface area (Å²) in [6.45, 7) is 8.76. The number of pyridine rings is 1. The lowest BCUT2D eigenvalue weighted by atomic mass is 9.96. The van der Waals surface area contributed by atoms with Crippen LogP contribution in [0, 0.1) is 13.8 Å². The van der Waals surface area contributed by atoms with Gasteiger partial charge in [0, 0.05) is 29.7 Å². The summed E-state index contributed by atoms with van der Waals surface area (Å²) in [7, 11) is 3.32. The van der Waals surface area contributed by atoms with Crippen molar-refractivity contribution < 1.29 is 9.47 Å². The molecular weight excluding hydrogens is 420 g/mol. The number of aromatic nitrogens is 2. The summed E-state index contributed by atoms with van der Waals surface area (Å²) in [6.07, 6.45) is 1.82. The molecule has 1 aliphatic heterocycles. The first kappa shape index (κ1) is 22.1. The molecule has 0 radical (unpaired) electrons. The molecule has 2 unspecified atom stereocenters. The summed E-state index contributed by atoms with van der Waals surface area (Å²) in [5.74, 6) is 1.44. The minimum Gasteiger partial charge on any atom is -0.497 e. The Morgan fingerprint density at radius 2 is 1.84 bits per heavy atom. The number of thiocarbonyl (C=S) groups is 1. The van der Waals surface area contributed by atoms with E-state index in [1.807, 2.05) is 42.6 Å². The van der Waals surface area contributed by atoms with Crippen LogP contribution in [-0.2, 0) is 0 Å². The molecule has 0 bridgehead atoms. The van der Waals surface area contributed by atoms with Gasteiger partial charge in [0.05, 0.1) is 37.7 Å². The molecule has 0 aliphatic carbocycles. The van der Waals surface area contributed by atoms with Crippen LogP contribution in [0.2, 0.25) is 0 Å². The van der Waals surface area contributed by atoms with E-state index in [-0.39, 0.29) is 12.1 Å². The third-order valence-corrected chi connectivity index (χ3v) is 6.42. The van der Waals surface area contributed by atoms with Gasteiger partial charge in [-0.2, -0.15) is 0 Å².